The van der Waals surface area contributed by atoms with Gasteiger partial charge in [-0.05, 0) is 29.8 Å². The fourth-order valence-electron chi connectivity index (χ4n) is 2.22. The molecule has 3 aromatic rings. The quantitative estimate of drug-likeness (QED) is 0.695. The summed E-state index contributed by atoms with van der Waals surface area (Å²) in [5, 5.41) is 9.18. The summed E-state index contributed by atoms with van der Waals surface area (Å²) in [6, 6.07) is 12.6. The number of hydrogen-bond donors (Lipinski definition) is 3. The largest absolute Gasteiger partial charge is 0.380 e. The second-order valence-electron chi connectivity index (χ2n) is 4.62. The molecule has 0 atom stereocenters. The lowest BCUT2D eigenvalue weighted by atomic mass is 10.1. The van der Waals surface area contributed by atoms with Crippen molar-refractivity contribution in [3.8, 4) is 0 Å². The van der Waals surface area contributed by atoms with Gasteiger partial charge in [0.25, 0.3) is 11.1 Å². The van der Waals surface area contributed by atoms with Crippen molar-refractivity contribution in [2.24, 2.45) is 0 Å². The van der Waals surface area contributed by atoms with Crippen LogP contribution in [-0.4, -0.2) is 10.2 Å². The van der Waals surface area contributed by atoms with E-state index in [1.165, 1.54) is 0 Å². The Morgan fingerprint density at radius 2 is 1.76 bits per heavy atom. The third-order valence-corrected chi connectivity index (χ3v) is 3.43. The van der Waals surface area contributed by atoms with Crippen LogP contribution in [0, 0.1) is 0 Å². The van der Waals surface area contributed by atoms with Crippen molar-refractivity contribution >= 4 is 28.1 Å². The van der Waals surface area contributed by atoms with E-state index in [0.717, 1.165) is 5.56 Å². The topological polar surface area (TPSA) is 77.8 Å². The third-order valence-electron chi connectivity index (χ3n) is 3.20. The maximum absolute atomic E-state index is 11.9. The van der Waals surface area contributed by atoms with Gasteiger partial charge in [0.1, 0.15) is 0 Å². The molecule has 1 aromatic heterocycles. The van der Waals surface area contributed by atoms with Gasteiger partial charge in [-0.2, -0.15) is 0 Å². The van der Waals surface area contributed by atoms with E-state index >= 15 is 0 Å². The molecule has 0 saturated carbocycles. The average Bonchev–Trinajstić information content (AvgIpc) is 2.49. The number of aromatic amines is 2. The number of H-pyrrole nitrogens is 2. The van der Waals surface area contributed by atoms with E-state index in [4.69, 9.17) is 11.6 Å². The van der Waals surface area contributed by atoms with Gasteiger partial charge in [0, 0.05) is 17.3 Å². The van der Waals surface area contributed by atoms with Crippen molar-refractivity contribution in [1.29, 1.82) is 0 Å². The van der Waals surface area contributed by atoms with Crippen LogP contribution in [-0.2, 0) is 6.54 Å². The van der Waals surface area contributed by atoms with E-state index in [0.29, 0.717) is 28.0 Å². The number of rotatable bonds is 3. The molecule has 106 valence electrons. The fourth-order valence-corrected chi connectivity index (χ4v) is 2.43. The van der Waals surface area contributed by atoms with E-state index in [9.17, 15) is 9.59 Å². The Kier molecular flexibility index (Phi) is 3.50. The molecule has 5 nitrogen and oxygen atoms in total. The van der Waals surface area contributed by atoms with Crippen LogP contribution in [0.3, 0.4) is 0 Å². The molecule has 1 heterocycles. The monoisotopic (exact) mass is 301 g/mol. The number of benzene rings is 2. The maximum Gasteiger partial charge on any atom is 0.272 e. The Hall–Kier alpha value is -2.53. The molecule has 0 radical (unpaired) electrons. The zero-order valence-corrected chi connectivity index (χ0v) is 11.7. The van der Waals surface area contributed by atoms with Gasteiger partial charge in [0.15, 0.2) is 0 Å². The van der Waals surface area contributed by atoms with Crippen molar-refractivity contribution in [1.82, 2.24) is 10.2 Å². The minimum absolute atomic E-state index is 0.323. The normalized spacial score (nSPS) is 10.7. The second-order valence-corrected chi connectivity index (χ2v) is 5.06. The van der Waals surface area contributed by atoms with Crippen LogP contribution in [0.2, 0.25) is 5.02 Å². The highest BCUT2D eigenvalue weighted by Gasteiger charge is 2.07. The first-order chi connectivity index (χ1) is 10.1. The first kappa shape index (κ1) is 13.5. The van der Waals surface area contributed by atoms with E-state index < -0.39 is 0 Å². The van der Waals surface area contributed by atoms with Gasteiger partial charge >= 0.3 is 0 Å². The van der Waals surface area contributed by atoms with Gasteiger partial charge in [-0.15, -0.1) is 0 Å². The molecular formula is C15H12ClN3O2. The zero-order valence-electron chi connectivity index (χ0n) is 10.9. The van der Waals surface area contributed by atoms with Crippen LogP contribution in [0.15, 0.2) is 52.1 Å². The molecule has 0 fully saturated rings. The molecule has 0 aliphatic heterocycles. The molecule has 21 heavy (non-hydrogen) atoms. The fraction of sp³-hybridized carbons (Fsp3) is 0.0667. The molecule has 0 bridgehead atoms. The van der Waals surface area contributed by atoms with Crippen molar-refractivity contribution in [2.45, 2.75) is 6.54 Å². The molecule has 0 aliphatic carbocycles. The molecule has 0 spiro atoms. The van der Waals surface area contributed by atoms with E-state index in [1.54, 1.807) is 24.3 Å². The van der Waals surface area contributed by atoms with Crippen LogP contribution in [0.1, 0.15) is 5.56 Å². The highest BCUT2D eigenvalue weighted by molar-refractivity contribution is 6.30. The number of aromatic nitrogens is 2. The Morgan fingerprint density at radius 1 is 1.00 bits per heavy atom. The minimum atomic E-state index is -0.334. The number of nitrogens with one attached hydrogen (secondary N) is 3. The predicted octanol–water partition coefficient (Wildman–Crippen LogP) is 2.48. The Bertz CT molecular complexity index is 914. The highest BCUT2D eigenvalue weighted by atomic mass is 35.5. The summed E-state index contributed by atoms with van der Waals surface area (Å²) < 4.78 is 0. The second kappa shape index (κ2) is 5.46. The van der Waals surface area contributed by atoms with E-state index in [1.807, 2.05) is 18.2 Å². The summed E-state index contributed by atoms with van der Waals surface area (Å²) in [7, 11) is 0. The van der Waals surface area contributed by atoms with Crippen molar-refractivity contribution in [3.63, 3.8) is 0 Å². The van der Waals surface area contributed by atoms with Gasteiger partial charge in [0.2, 0.25) is 0 Å². The van der Waals surface area contributed by atoms with Crippen LogP contribution < -0.4 is 16.4 Å². The Labute approximate surface area is 124 Å². The van der Waals surface area contributed by atoms with Gasteiger partial charge in [0.05, 0.1) is 10.8 Å². The van der Waals surface area contributed by atoms with Gasteiger partial charge in [-0.3, -0.25) is 19.8 Å². The highest BCUT2D eigenvalue weighted by Crippen LogP contribution is 2.18. The SMILES string of the molecule is O=c1[nH][nH]c(=O)c2c(NCc3cccc(Cl)c3)cccc12. The summed E-state index contributed by atoms with van der Waals surface area (Å²) in [6.45, 7) is 0.506. The number of hydrogen-bond acceptors (Lipinski definition) is 3. The Balaban J connectivity index is 2.00. The van der Waals surface area contributed by atoms with Crippen LogP contribution >= 0.6 is 11.6 Å². The molecule has 0 aliphatic rings. The van der Waals surface area contributed by atoms with Crippen LogP contribution in [0.4, 0.5) is 5.69 Å². The molecule has 0 saturated heterocycles. The minimum Gasteiger partial charge on any atom is -0.380 e. The summed E-state index contributed by atoms with van der Waals surface area (Å²) in [4.78, 5) is 23.7. The lowest BCUT2D eigenvalue weighted by molar-refractivity contribution is 0.976. The zero-order chi connectivity index (χ0) is 14.8. The maximum atomic E-state index is 11.9. The average molecular weight is 302 g/mol. The van der Waals surface area contributed by atoms with Crippen molar-refractivity contribution in [2.75, 3.05) is 5.32 Å². The van der Waals surface area contributed by atoms with Crippen molar-refractivity contribution < 1.29 is 0 Å². The number of fused-ring (bicyclic) bond motifs is 1. The molecule has 3 rings (SSSR count). The predicted molar refractivity (Wildman–Crippen MR) is 84.0 cm³/mol. The van der Waals surface area contributed by atoms with Gasteiger partial charge < -0.3 is 5.32 Å². The van der Waals surface area contributed by atoms with E-state index in [-0.39, 0.29) is 11.1 Å². The molecule has 3 N–H and O–H groups in total. The molecule has 6 heteroatoms. The smallest absolute Gasteiger partial charge is 0.272 e. The summed E-state index contributed by atoms with van der Waals surface area (Å²) in [5.74, 6) is 0. The van der Waals surface area contributed by atoms with Crippen molar-refractivity contribution in [3.05, 3.63) is 73.8 Å². The Morgan fingerprint density at radius 3 is 2.57 bits per heavy atom. The first-order valence-electron chi connectivity index (χ1n) is 6.37. The number of halogens is 1. The summed E-state index contributed by atoms with van der Waals surface area (Å²) >= 11 is 5.94. The summed E-state index contributed by atoms with van der Waals surface area (Å²) in [5.41, 5.74) is 0.940. The lowest BCUT2D eigenvalue weighted by Crippen LogP contribution is -2.20. The number of anilines is 1. The standard InChI is InChI=1S/C15H12ClN3O2/c16-10-4-1-3-9(7-10)8-17-12-6-2-5-11-13(12)15(21)19-18-14(11)20/h1-7,17H,8H2,(H,18,20)(H,19,21). The van der Waals surface area contributed by atoms with Crippen LogP contribution in [0.5, 0.6) is 0 Å². The van der Waals surface area contributed by atoms with E-state index in [2.05, 4.69) is 15.5 Å². The third kappa shape index (κ3) is 2.68. The summed E-state index contributed by atoms with van der Waals surface area (Å²) in [6.07, 6.45) is 0. The first-order valence-corrected chi connectivity index (χ1v) is 6.75. The van der Waals surface area contributed by atoms with Gasteiger partial charge in [-0.25, -0.2) is 0 Å². The van der Waals surface area contributed by atoms with Crippen LogP contribution in [0.25, 0.3) is 10.8 Å². The molecular weight excluding hydrogens is 290 g/mol. The lowest BCUT2D eigenvalue weighted by Gasteiger charge is -2.09. The molecule has 0 unspecified atom stereocenters. The molecule has 2 aromatic carbocycles. The molecule has 0 amide bonds. The van der Waals surface area contributed by atoms with Gasteiger partial charge in [-0.1, -0.05) is 29.8 Å².